The van der Waals surface area contributed by atoms with Gasteiger partial charge >= 0.3 is 0 Å². The predicted molar refractivity (Wildman–Crippen MR) is 73.3 cm³/mol. The van der Waals surface area contributed by atoms with Crippen LogP contribution < -0.4 is 0 Å². The first kappa shape index (κ1) is 16.1. The molecule has 0 heterocycles. The Labute approximate surface area is 103 Å². The molecule has 0 radical (unpaired) electrons. The molecule has 0 aliphatic carbocycles. The van der Waals surface area contributed by atoms with E-state index in [1.165, 1.54) is 12.8 Å². The van der Waals surface area contributed by atoms with Gasteiger partial charge in [-0.2, -0.15) is 0 Å². The highest BCUT2D eigenvalue weighted by molar-refractivity contribution is 6.74. The van der Waals surface area contributed by atoms with Crippen molar-refractivity contribution in [2.75, 3.05) is 6.61 Å². The summed E-state index contributed by atoms with van der Waals surface area (Å²) in [5.41, 5.74) is 0. The summed E-state index contributed by atoms with van der Waals surface area (Å²) in [6.45, 7) is 13.8. The number of hydrogen-bond donors (Lipinski definition) is 1. The minimum absolute atomic E-state index is 0.232. The molecule has 2 nitrogen and oxygen atoms in total. The predicted octanol–water partition coefficient (Wildman–Crippen LogP) is 3.95. The molecule has 3 heteroatoms. The van der Waals surface area contributed by atoms with Crippen molar-refractivity contribution >= 4 is 8.32 Å². The third-order valence-corrected chi connectivity index (χ3v) is 8.08. The van der Waals surface area contributed by atoms with E-state index >= 15 is 0 Å². The highest BCUT2D eigenvalue weighted by atomic mass is 28.4. The third-order valence-electron chi connectivity index (χ3n) is 3.58. The van der Waals surface area contributed by atoms with E-state index in [1.807, 2.05) is 0 Å². The van der Waals surface area contributed by atoms with Crippen LogP contribution in [0.2, 0.25) is 18.1 Å². The van der Waals surface area contributed by atoms with Gasteiger partial charge in [-0.3, -0.25) is 0 Å². The fourth-order valence-corrected chi connectivity index (χ4v) is 2.28. The zero-order chi connectivity index (χ0) is 12.8. The van der Waals surface area contributed by atoms with Crippen molar-refractivity contribution in [1.29, 1.82) is 0 Å². The van der Waals surface area contributed by atoms with Gasteiger partial charge in [-0.05, 0) is 24.6 Å². The maximum Gasteiger partial charge on any atom is 0.192 e. The lowest BCUT2D eigenvalue weighted by Gasteiger charge is -2.36. The average Bonchev–Trinajstić information content (AvgIpc) is 2.13. The van der Waals surface area contributed by atoms with Gasteiger partial charge in [0.2, 0.25) is 0 Å². The minimum Gasteiger partial charge on any atom is -0.414 e. The molecule has 1 atom stereocenters. The number of rotatable bonds is 7. The molecule has 0 aromatic rings. The normalized spacial score (nSPS) is 15.2. The van der Waals surface area contributed by atoms with E-state index in [-0.39, 0.29) is 11.1 Å². The van der Waals surface area contributed by atoms with Gasteiger partial charge < -0.3 is 9.53 Å². The Balaban J connectivity index is 3.86. The van der Waals surface area contributed by atoms with Gasteiger partial charge in [0.05, 0.1) is 12.7 Å². The van der Waals surface area contributed by atoms with E-state index in [9.17, 15) is 5.11 Å². The van der Waals surface area contributed by atoms with E-state index in [2.05, 4.69) is 40.8 Å². The molecule has 0 amide bonds. The molecule has 0 unspecified atom stereocenters. The third kappa shape index (κ3) is 6.02. The van der Waals surface area contributed by atoms with Gasteiger partial charge in [0.15, 0.2) is 8.32 Å². The van der Waals surface area contributed by atoms with Crippen molar-refractivity contribution in [3.8, 4) is 0 Å². The van der Waals surface area contributed by atoms with Crippen LogP contribution in [0, 0.1) is 0 Å². The van der Waals surface area contributed by atoms with Crippen LogP contribution >= 0.6 is 0 Å². The number of unbranched alkanes of at least 4 members (excludes halogenated alkanes) is 2. The van der Waals surface area contributed by atoms with Crippen LogP contribution in [0.4, 0.5) is 0 Å². The standard InChI is InChI=1S/C13H30O2Si/c1-7-8-9-10-12(14)11-15-16(5,6)13(2,3)4/h12,14H,7-11H2,1-6H3/t12-/m0/s1. The molecular formula is C13H30O2Si. The molecule has 0 saturated carbocycles. The fourth-order valence-electron chi connectivity index (χ4n) is 1.23. The first-order valence-electron chi connectivity index (χ1n) is 6.52. The lowest BCUT2D eigenvalue weighted by molar-refractivity contribution is 0.0907. The highest BCUT2D eigenvalue weighted by Crippen LogP contribution is 2.36. The van der Waals surface area contributed by atoms with Gasteiger partial charge in [0, 0.05) is 0 Å². The average molecular weight is 246 g/mol. The largest absolute Gasteiger partial charge is 0.414 e. The van der Waals surface area contributed by atoms with E-state index in [0.717, 1.165) is 12.8 Å². The first-order valence-corrected chi connectivity index (χ1v) is 9.43. The maximum absolute atomic E-state index is 9.80. The number of hydrogen-bond acceptors (Lipinski definition) is 2. The number of aliphatic hydroxyl groups excluding tert-OH is 1. The van der Waals surface area contributed by atoms with Gasteiger partial charge in [-0.15, -0.1) is 0 Å². The zero-order valence-electron chi connectivity index (χ0n) is 12.0. The monoisotopic (exact) mass is 246 g/mol. The Hall–Kier alpha value is 0.137. The van der Waals surface area contributed by atoms with E-state index in [1.54, 1.807) is 0 Å². The molecule has 16 heavy (non-hydrogen) atoms. The molecule has 0 fully saturated rings. The summed E-state index contributed by atoms with van der Waals surface area (Å²) < 4.78 is 5.98. The topological polar surface area (TPSA) is 29.5 Å². The molecule has 0 rings (SSSR count). The van der Waals surface area contributed by atoms with Crippen LogP contribution in [0.1, 0.15) is 53.4 Å². The Kier molecular flexibility index (Phi) is 6.83. The fraction of sp³-hybridized carbons (Fsp3) is 1.00. The molecule has 1 N–H and O–H groups in total. The van der Waals surface area contributed by atoms with Gasteiger partial charge in [0.25, 0.3) is 0 Å². The van der Waals surface area contributed by atoms with Crippen LogP contribution in [0.15, 0.2) is 0 Å². The van der Waals surface area contributed by atoms with Crippen molar-refractivity contribution in [3.05, 3.63) is 0 Å². The van der Waals surface area contributed by atoms with E-state index in [0.29, 0.717) is 6.61 Å². The summed E-state index contributed by atoms with van der Waals surface area (Å²) >= 11 is 0. The Morgan fingerprint density at radius 1 is 1.19 bits per heavy atom. The SMILES string of the molecule is CCCCC[C@H](O)CO[Si](C)(C)C(C)(C)C. The minimum atomic E-state index is -1.68. The molecule has 0 aromatic carbocycles. The van der Waals surface area contributed by atoms with Crippen molar-refractivity contribution < 1.29 is 9.53 Å². The van der Waals surface area contributed by atoms with Gasteiger partial charge in [0.1, 0.15) is 0 Å². The second-order valence-electron chi connectivity index (χ2n) is 6.22. The Morgan fingerprint density at radius 2 is 1.75 bits per heavy atom. The van der Waals surface area contributed by atoms with Crippen LogP contribution in [-0.2, 0) is 4.43 Å². The first-order chi connectivity index (χ1) is 7.20. The van der Waals surface area contributed by atoms with Crippen LogP contribution in [0.25, 0.3) is 0 Å². The van der Waals surface area contributed by atoms with Crippen molar-refractivity contribution in [1.82, 2.24) is 0 Å². The molecule has 98 valence electrons. The van der Waals surface area contributed by atoms with Crippen molar-refractivity contribution in [3.63, 3.8) is 0 Å². The smallest absolute Gasteiger partial charge is 0.192 e. The lowest BCUT2D eigenvalue weighted by Crippen LogP contribution is -2.42. The summed E-state index contributed by atoms with van der Waals surface area (Å²) in [5.74, 6) is 0. The maximum atomic E-state index is 9.80. The number of aliphatic hydroxyl groups is 1. The summed E-state index contributed by atoms with van der Waals surface area (Å²) in [7, 11) is -1.68. The second kappa shape index (κ2) is 6.77. The van der Waals surface area contributed by atoms with Gasteiger partial charge in [-0.1, -0.05) is 47.0 Å². The zero-order valence-corrected chi connectivity index (χ0v) is 13.0. The highest BCUT2D eigenvalue weighted by Gasteiger charge is 2.37. The summed E-state index contributed by atoms with van der Waals surface area (Å²) in [4.78, 5) is 0. The van der Waals surface area contributed by atoms with E-state index in [4.69, 9.17) is 4.43 Å². The summed E-state index contributed by atoms with van der Waals surface area (Å²) in [6, 6.07) is 0. The molecular weight excluding hydrogens is 216 g/mol. The van der Waals surface area contributed by atoms with Gasteiger partial charge in [-0.25, -0.2) is 0 Å². The Bertz CT molecular complexity index is 185. The van der Waals surface area contributed by atoms with Crippen LogP contribution in [-0.4, -0.2) is 26.1 Å². The van der Waals surface area contributed by atoms with Crippen molar-refractivity contribution in [2.45, 2.75) is 77.6 Å². The quantitative estimate of drug-likeness (QED) is 0.544. The Morgan fingerprint density at radius 3 is 2.19 bits per heavy atom. The van der Waals surface area contributed by atoms with Crippen molar-refractivity contribution in [2.24, 2.45) is 0 Å². The second-order valence-corrected chi connectivity index (χ2v) is 11.0. The summed E-state index contributed by atoms with van der Waals surface area (Å²) in [6.07, 6.45) is 4.12. The van der Waals surface area contributed by atoms with Crippen LogP contribution in [0.5, 0.6) is 0 Å². The molecule has 0 spiro atoms. The molecule has 0 bridgehead atoms. The molecule has 0 aliphatic rings. The van der Waals surface area contributed by atoms with Crippen LogP contribution in [0.3, 0.4) is 0 Å². The lowest BCUT2D eigenvalue weighted by atomic mass is 10.1. The molecule has 0 aromatic heterocycles. The molecule has 0 saturated heterocycles. The summed E-state index contributed by atoms with van der Waals surface area (Å²) in [5, 5.41) is 10.0. The van der Waals surface area contributed by atoms with E-state index < -0.39 is 8.32 Å². The molecule has 0 aliphatic heterocycles.